The van der Waals surface area contributed by atoms with Crippen molar-refractivity contribution in [2.24, 2.45) is 0 Å². The molecule has 6 heteroatoms. The quantitative estimate of drug-likeness (QED) is 0.495. The second kappa shape index (κ2) is 6.29. The molecule has 0 amide bonds. The molecule has 0 bridgehead atoms. The Morgan fingerprint density at radius 1 is 1.36 bits per heavy atom. The van der Waals surface area contributed by atoms with Gasteiger partial charge in [-0.1, -0.05) is 15.3 Å². The van der Waals surface area contributed by atoms with Crippen LogP contribution >= 0.6 is 9.24 Å². The van der Waals surface area contributed by atoms with Gasteiger partial charge in [0.05, 0.1) is 11.6 Å². The molecule has 0 aliphatic heterocycles. The van der Waals surface area contributed by atoms with Crippen LogP contribution in [0.25, 0.3) is 0 Å². The second-order valence-electron chi connectivity index (χ2n) is 5.18. The molecule has 0 radical (unpaired) electrons. The fourth-order valence-corrected chi connectivity index (χ4v) is 2.16. The Morgan fingerprint density at radius 3 is 2.64 bits per heavy atom. The van der Waals surface area contributed by atoms with Crippen LogP contribution in [-0.2, 0) is 5.41 Å². The molecule has 2 aromatic carbocycles. The number of nitrogens with zero attached hydrogens (tertiary/aromatic N) is 1. The number of alkyl halides is 1. The van der Waals surface area contributed by atoms with E-state index in [4.69, 9.17) is 10.00 Å². The van der Waals surface area contributed by atoms with Gasteiger partial charge in [0, 0.05) is 5.56 Å². The van der Waals surface area contributed by atoms with Gasteiger partial charge < -0.3 is 4.74 Å². The van der Waals surface area contributed by atoms with Gasteiger partial charge in [-0.2, -0.15) is 5.26 Å². The van der Waals surface area contributed by atoms with Crippen LogP contribution in [-0.4, -0.2) is 14.1 Å². The van der Waals surface area contributed by atoms with Crippen LogP contribution < -0.4 is 10.2 Å². The Kier molecular flexibility index (Phi) is 4.64. The van der Waals surface area contributed by atoms with Gasteiger partial charge in [0.2, 0.25) is 0 Å². The first-order chi connectivity index (χ1) is 10.3. The number of hydrogen-bond acceptors (Lipinski definition) is 3. The Balaban J connectivity index is 2.41. The van der Waals surface area contributed by atoms with Crippen LogP contribution in [0.5, 0.6) is 11.5 Å². The summed E-state index contributed by atoms with van der Waals surface area (Å²) in [5.41, 5.74) is 2.00. The summed E-state index contributed by atoms with van der Waals surface area (Å²) in [4.78, 5) is 10.7. The van der Waals surface area contributed by atoms with E-state index in [0.29, 0.717) is 28.2 Å². The fourth-order valence-electron chi connectivity index (χ4n) is 1.99. The van der Waals surface area contributed by atoms with Crippen LogP contribution in [0.2, 0.25) is 0 Å². The molecule has 2 rings (SSSR count). The number of carbonyl (C=O) groups excluding carboxylic acids is 1. The molecule has 2 unspecified atom stereocenters. The first-order valence-corrected chi connectivity index (χ1v) is 7.18. The van der Waals surface area contributed by atoms with Crippen molar-refractivity contribution in [3.8, 4) is 17.6 Å². The van der Waals surface area contributed by atoms with E-state index < -0.39 is 5.41 Å². The van der Waals surface area contributed by atoms with Crippen molar-refractivity contribution >= 4 is 28.8 Å². The smallest absolute Gasteiger partial charge is 0.150 e. The highest BCUT2D eigenvalue weighted by Crippen LogP contribution is 2.36. The zero-order valence-electron chi connectivity index (χ0n) is 12.3. The van der Waals surface area contributed by atoms with Crippen molar-refractivity contribution in [2.45, 2.75) is 12.3 Å². The SMILES string of the molecule is Bc1cc(C=O)ccc1Oc1cc(C#N)cc(C(C)(F)P)c1. The lowest BCUT2D eigenvalue weighted by atomic mass is 9.93. The van der Waals surface area contributed by atoms with Gasteiger partial charge in [0.1, 0.15) is 31.0 Å². The van der Waals surface area contributed by atoms with Gasteiger partial charge in [-0.3, -0.25) is 4.79 Å². The number of hydrogen-bond donors (Lipinski definition) is 0. The third-order valence-electron chi connectivity index (χ3n) is 3.16. The Morgan fingerprint density at radius 2 is 2.09 bits per heavy atom. The number of aldehydes is 1. The highest BCUT2D eigenvalue weighted by atomic mass is 31.0. The molecule has 2 aromatic rings. The molecule has 0 spiro atoms. The highest BCUT2D eigenvalue weighted by Gasteiger charge is 2.21. The molecule has 0 aliphatic carbocycles. The largest absolute Gasteiger partial charge is 0.458 e. The molecule has 110 valence electrons. The number of rotatable bonds is 4. The summed E-state index contributed by atoms with van der Waals surface area (Å²) >= 11 is 0. The lowest BCUT2D eigenvalue weighted by Crippen LogP contribution is -2.09. The molecule has 0 fully saturated rings. The number of benzene rings is 2. The summed E-state index contributed by atoms with van der Waals surface area (Å²) in [7, 11) is 3.91. The van der Waals surface area contributed by atoms with Gasteiger partial charge in [-0.05, 0) is 48.3 Å². The molecule has 0 saturated heterocycles. The van der Waals surface area contributed by atoms with Crippen LogP contribution in [0, 0.1) is 11.3 Å². The molecular formula is C16H14BFNO2P. The van der Waals surface area contributed by atoms with Crippen LogP contribution in [0.15, 0.2) is 36.4 Å². The predicted molar refractivity (Wildman–Crippen MR) is 89.4 cm³/mol. The van der Waals surface area contributed by atoms with E-state index in [1.54, 1.807) is 30.3 Å². The molecule has 0 N–H and O–H groups in total. The van der Waals surface area contributed by atoms with E-state index in [9.17, 15) is 9.18 Å². The predicted octanol–water partition coefficient (Wildman–Crippen LogP) is 2.44. The second-order valence-corrected chi connectivity index (χ2v) is 6.26. The molecule has 0 aromatic heterocycles. The molecular weight excluding hydrogens is 299 g/mol. The standard InChI is InChI=1S/C16H14BFNO2P/c1-16(18,22)12-4-11(8-19)5-13(7-12)21-15-3-2-10(9-20)6-14(15)17/h2-7,9H,17,22H2,1H3. The Bertz CT molecular complexity index is 766. The fraction of sp³-hybridized carbons (Fsp3) is 0.125. The van der Waals surface area contributed by atoms with E-state index >= 15 is 0 Å². The summed E-state index contributed by atoms with van der Waals surface area (Å²) in [5, 5.41) is 7.42. The maximum Gasteiger partial charge on any atom is 0.150 e. The van der Waals surface area contributed by atoms with Crippen molar-refractivity contribution in [1.82, 2.24) is 0 Å². The summed E-state index contributed by atoms with van der Waals surface area (Å²) in [6.45, 7) is 1.39. The average Bonchev–Trinajstić information content (AvgIpc) is 2.48. The Hall–Kier alpha value is -2.18. The number of ether oxygens (including phenoxy) is 1. The zero-order chi connectivity index (χ0) is 16.3. The summed E-state index contributed by atoms with van der Waals surface area (Å²) < 4.78 is 19.8. The molecule has 0 heterocycles. The average molecular weight is 313 g/mol. The van der Waals surface area contributed by atoms with Crippen LogP contribution in [0.3, 0.4) is 0 Å². The van der Waals surface area contributed by atoms with E-state index in [1.807, 2.05) is 13.9 Å². The summed E-state index contributed by atoms with van der Waals surface area (Å²) in [6, 6.07) is 11.6. The third-order valence-corrected chi connectivity index (χ3v) is 3.50. The summed E-state index contributed by atoms with van der Waals surface area (Å²) in [6.07, 6.45) is 0.758. The van der Waals surface area contributed by atoms with Gasteiger partial charge in [-0.25, -0.2) is 4.39 Å². The lowest BCUT2D eigenvalue weighted by Gasteiger charge is -2.17. The van der Waals surface area contributed by atoms with E-state index in [1.165, 1.54) is 13.0 Å². The van der Waals surface area contributed by atoms with Gasteiger partial charge in [0.25, 0.3) is 0 Å². The van der Waals surface area contributed by atoms with E-state index in [-0.39, 0.29) is 0 Å². The van der Waals surface area contributed by atoms with Crippen molar-refractivity contribution in [1.29, 1.82) is 5.26 Å². The van der Waals surface area contributed by atoms with Crippen molar-refractivity contribution in [3.05, 3.63) is 53.1 Å². The number of nitriles is 1. The van der Waals surface area contributed by atoms with Gasteiger partial charge >= 0.3 is 0 Å². The first kappa shape index (κ1) is 16.2. The highest BCUT2D eigenvalue weighted by molar-refractivity contribution is 7.18. The molecule has 0 aliphatic rings. The minimum absolute atomic E-state index is 0.320. The lowest BCUT2D eigenvalue weighted by molar-refractivity contribution is 0.112. The molecule has 22 heavy (non-hydrogen) atoms. The topological polar surface area (TPSA) is 50.1 Å². The van der Waals surface area contributed by atoms with E-state index in [2.05, 4.69) is 9.24 Å². The van der Waals surface area contributed by atoms with Gasteiger partial charge in [-0.15, -0.1) is 0 Å². The van der Waals surface area contributed by atoms with Crippen molar-refractivity contribution in [3.63, 3.8) is 0 Å². The normalized spacial score (nSPS) is 13.0. The minimum Gasteiger partial charge on any atom is -0.458 e. The Labute approximate surface area is 131 Å². The zero-order valence-corrected chi connectivity index (χ0v) is 13.4. The maximum atomic E-state index is 14.1. The monoisotopic (exact) mass is 313 g/mol. The third kappa shape index (κ3) is 3.72. The molecule has 2 atom stereocenters. The number of carbonyl (C=O) groups is 1. The van der Waals surface area contributed by atoms with E-state index in [0.717, 1.165) is 11.7 Å². The number of halogens is 1. The van der Waals surface area contributed by atoms with Gasteiger partial charge in [0.15, 0.2) is 0 Å². The minimum atomic E-state index is -1.65. The van der Waals surface area contributed by atoms with Crippen molar-refractivity contribution in [2.75, 3.05) is 0 Å². The molecule has 0 saturated carbocycles. The van der Waals surface area contributed by atoms with Crippen molar-refractivity contribution < 1.29 is 13.9 Å². The first-order valence-electron chi connectivity index (χ1n) is 6.60. The van der Waals surface area contributed by atoms with Crippen LogP contribution in [0.4, 0.5) is 4.39 Å². The summed E-state index contributed by atoms with van der Waals surface area (Å²) in [5.74, 6) is 0.929. The van der Waals surface area contributed by atoms with Crippen LogP contribution in [0.1, 0.15) is 28.4 Å². The maximum absolute atomic E-state index is 14.1. The molecule has 3 nitrogen and oxygen atoms in total.